The summed E-state index contributed by atoms with van der Waals surface area (Å²) >= 11 is 0. The molecule has 0 spiro atoms. The molecule has 1 atom stereocenters. The number of hydrogen-bond acceptors (Lipinski definition) is 3. The zero-order chi connectivity index (χ0) is 18.8. The van der Waals surface area contributed by atoms with E-state index in [0.717, 1.165) is 19.1 Å². The number of carbonyl (C=O) groups excluding carboxylic acids is 2. The highest BCUT2D eigenvalue weighted by atomic mass is 19.4. The Bertz CT molecular complexity index is 703. The van der Waals surface area contributed by atoms with Gasteiger partial charge in [0.2, 0.25) is 5.91 Å². The van der Waals surface area contributed by atoms with Gasteiger partial charge in [0, 0.05) is 30.8 Å². The third-order valence-corrected chi connectivity index (χ3v) is 3.88. The van der Waals surface area contributed by atoms with Crippen molar-refractivity contribution in [2.45, 2.75) is 38.4 Å². The second-order valence-electron chi connectivity index (χ2n) is 5.87. The van der Waals surface area contributed by atoms with Gasteiger partial charge in [-0.25, -0.2) is 0 Å². The Kier molecular flexibility index (Phi) is 5.34. The Morgan fingerprint density at radius 1 is 1.28 bits per heavy atom. The van der Waals surface area contributed by atoms with E-state index in [2.05, 4.69) is 5.32 Å². The summed E-state index contributed by atoms with van der Waals surface area (Å²) < 4.78 is 39.2. The second-order valence-corrected chi connectivity index (χ2v) is 5.87. The van der Waals surface area contributed by atoms with Crippen LogP contribution in [0.3, 0.4) is 0 Å². The molecule has 25 heavy (non-hydrogen) atoms. The van der Waals surface area contributed by atoms with E-state index in [4.69, 9.17) is 5.11 Å². The number of amides is 2. The quantitative estimate of drug-likeness (QED) is 0.866. The standard InChI is InChI=1S/C16H17F3N2O4/c1-9(22)20-12-6-10(5-11(7-12)16(17,18)19)15(25)21-4-2-3-13(21)8-14(23)24/h5-7,13H,2-4,8H2,1H3,(H,20,22)(H,23,24). The van der Waals surface area contributed by atoms with Crippen LogP contribution in [0.15, 0.2) is 18.2 Å². The van der Waals surface area contributed by atoms with Crippen molar-refractivity contribution in [3.63, 3.8) is 0 Å². The first kappa shape index (κ1) is 18.8. The number of nitrogens with zero attached hydrogens (tertiary/aromatic N) is 1. The first-order chi connectivity index (χ1) is 11.6. The van der Waals surface area contributed by atoms with Gasteiger partial charge in [-0.2, -0.15) is 13.2 Å². The summed E-state index contributed by atoms with van der Waals surface area (Å²) in [4.78, 5) is 35.9. The molecule has 1 heterocycles. The molecule has 0 radical (unpaired) electrons. The molecule has 1 aliphatic heterocycles. The average molecular weight is 358 g/mol. The summed E-state index contributed by atoms with van der Waals surface area (Å²) in [5, 5.41) is 11.1. The number of alkyl halides is 3. The Labute approximate surface area is 141 Å². The van der Waals surface area contributed by atoms with Crippen LogP contribution in [0.2, 0.25) is 0 Å². The van der Waals surface area contributed by atoms with Crippen molar-refractivity contribution in [2.24, 2.45) is 0 Å². The topological polar surface area (TPSA) is 86.7 Å². The van der Waals surface area contributed by atoms with Gasteiger partial charge in [0.1, 0.15) is 0 Å². The first-order valence-electron chi connectivity index (χ1n) is 7.60. The van der Waals surface area contributed by atoms with Gasteiger partial charge in [-0.15, -0.1) is 0 Å². The normalized spacial score (nSPS) is 17.4. The van der Waals surface area contributed by atoms with E-state index in [0.29, 0.717) is 18.9 Å². The highest BCUT2D eigenvalue weighted by Gasteiger charge is 2.35. The van der Waals surface area contributed by atoms with Gasteiger partial charge in [0.05, 0.1) is 12.0 Å². The Morgan fingerprint density at radius 3 is 2.52 bits per heavy atom. The van der Waals surface area contributed by atoms with Gasteiger partial charge in [-0.1, -0.05) is 0 Å². The number of carboxylic acids is 1. The molecular weight excluding hydrogens is 341 g/mol. The molecule has 1 fully saturated rings. The van der Waals surface area contributed by atoms with E-state index >= 15 is 0 Å². The molecule has 2 amide bonds. The Morgan fingerprint density at radius 2 is 1.96 bits per heavy atom. The monoisotopic (exact) mass is 358 g/mol. The first-order valence-corrected chi connectivity index (χ1v) is 7.60. The number of halogens is 3. The lowest BCUT2D eigenvalue weighted by Crippen LogP contribution is -2.37. The van der Waals surface area contributed by atoms with Crippen LogP contribution in [0.4, 0.5) is 18.9 Å². The number of nitrogens with one attached hydrogen (secondary N) is 1. The molecule has 0 aromatic heterocycles. The van der Waals surface area contributed by atoms with Crippen LogP contribution in [0.5, 0.6) is 0 Å². The zero-order valence-electron chi connectivity index (χ0n) is 13.4. The molecule has 1 aromatic rings. The molecule has 6 nitrogen and oxygen atoms in total. The van der Waals surface area contributed by atoms with Crippen LogP contribution < -0.4 is 5.32 Å². The predicted molar refractivity (Wildman–Crippen MR) is 82.1 cm³/mol. The summed E-state index contributed by atoms with van der Waals surface area (Å²) in [7, 11) is 0. The molecule has 2 rings (SSSR count). The molecule has 2 N–H and O–H groups in total. The summed E-state index contributed by atoms with van der Waals surface area (Å²) in [6.07, 6.45) is -3.88. The summed E-state index contributed by atoms with van der Waals surface area (Å²) in [5.41, 5.74) is -1.44. The molecule has 1 aromatic carbocycles. The molecule has 0 bridgehead atoms. The molecular formula is C16H17F3N2O4. The number of rotatable bonds is 4. The average Bonchev–Trinajstić information content (AvgIpc) is 2.91. The molecule has 0 saturated carbocycles. The number of hydrogen-bond donors (Lipinski definition) is 2. The van der Waals surface area contributed by atoms with Gasteiger partial charge in [0.15, 0.2) is 0 Å². The van der Waals surface area contributed by atoms with Gasteiger partial charge < -0.3 is 15.3 Å². The minimum atomic E-state index is -4.69. The van der Waals surface area contributed by atoms with Gasteiger partial charge in [-0.3, -0.25) is 14.4 Å². The molecule has 9 heteroatoms. The van der Waals surface area contributed by atoms with Crippen LogP contribution in [0, 0.1) is 0 Å². The number of benzene rings is 1. The fourth-order valence-corrected chi connectivity index (χ4v) is 2.87. The van der Waals surface area contributed by atoms with Crippen molar-refractivity contribution in [3.05, 3.63) is 29.3 Å². The highest BCUT2D eigenvalue weighted by molar-refractivity contribution is 5.97. The Balaban J connectivity index is 2.37. The Hall–Kier alpha value is -2.58. The SMILES string of the molecule is CC(=O)Nc1cc(C(=O)N2CCCC2CC(=O)O)cc(C(F)(F)F)c1. The van der Waals surface area contributed by atoms with E-state index in [-0.39, 0.29) is 24.2 Å². The third kappa shape index (κ3) is 4.71. The maximum atomic E-state index is 13.1. The van der Waals surface area contributed by atoms with E-state index in [1.54, 1.807) is 0 Å². The van der Waals surface area contributed by atoms with Gasteiger partial charge >= 0.3 is 12.1 Å². The smallest absolute Gasteiger partial charge is 0.416 e. The molecule has 1 unspecified atom stereocenters. The van der Waals surface area contributed by atoms with Crippen LogP contribution in [-0.2, 0) is 15.8 Å². The van der Waals surface area contributed by atoms with Crippen molar-refractivity contribution >= 4 is 23.5 Å². The van der Waals surface area contributed by atoms with E-state index in [1.807, 2.05) is 0 Å². The van der Waals surface area contributed by atoms with Crippen molar-refractivity contribution in [1.82, 2.24) is 4.90 Å². The lowest BCUT2D eigenvalue weighted by atomic mass is 10.1. The van der Waals surface area contributed by atoms with Crippen molar-refractivity contribution in [2.75, 3.05) is 11.9 Å². The number of likely N-dealkylation sites (tertiary alicyclic amines) is 1. The van der Waals surface area contributed by atoms with Crippen LogP contribution >= 0.6 is 0 Å². The minimum absolute atomic E-state index is 0.139. The molecule has 136 valence electrons. The number of aliphatic carboxylic acids is 1. The number of anilines is 1. The zero-order valence-corrected chi connectivity index (χ0v) is 13.4. The summed E-state index contributed by atoms with van der Waals surface area (Å²) in [5.74, 6) is -2.32. The summed E-state index contributed by atoms with van der Waals surface area (Å²) in [6, 6.07) is 2.07. The van der Waals surface area contributed by atoms with Gasteiger partial charge in [0.25, 0.3) is 5.91 Å². The van der Waals surface area contributed by atoms with Crippen molar-refractivity contribution < 1.29 is 32.7 Å². The minimum Gasteiger partial charge on any atom is -0.481 e. The number of carbonyl (C=O) groups is 3. The highest BCUT2D eigenvalue weighted by Crippen LogP contribution is 2.33. The molecule has 1 aliphatic rings. The lowest BCUT2D eigenvalue weighted by Gasteiger charge is -2.24. The van der Waals surface area contributed by atoms with Crippen molar-refractivity contribution in [3.8, 4) is 0 Å². The van der Waals surface area contributed by atoms with Crippen LogP contribution in [-0.4, -0.2) is 40.4 Å². The summed E-state index contributed by atoms with van der Waals surface area (Å²) in [6.45, 7) is 1.42. The van der Waals surface area contributed by atoms with Gasteiger partial charge in [-0.05, 0) is 31.0 Å². The number of carboxylic acid groups (broad SMARTS) is 1. The van der Waals surface area contributed by atoms with Crippen LogP contribution in [0.1, 0.15) is 42.1 Å². The predicted octanol–water partition coefficient (Wildman–Crippen LogP) is 2.74. The largest absolute Gasteiger partial charge is 0.481 e. The van der Waals surface area contributed by atoms with Crippen LogP contribution in [0.25, 0.3) is 0 Å². The van der Waals surface area contributed by atoms with E-state index in [1.165, 1.54) is 4.90 Å². The van der Waals surface area contributed by atoms with E-state index in [9.17, 15) is 27.6 Å². The maximum Gasteiger partial charge on any atom is 0.416 e. The maximum absolute atomic E-state index is 13.1. The molecule has 0 aliphatic carbocycles. The lowest BCUT2D eigenvalue weighted by molar-refractivity contribution is -0.138. The van der Waals surface area contributed by atoms with Crippen molar-refractivity contribution in [1.29, 1.82) is 0 Å². The second kappa shape index (κ2) is 7.12. The fourth-order valence-electron chi connectivity index (χ4n) is 2.87. The molecule has 1 saturated heterocycles. The van der Waals surface area contributed by atoms with E-state index < -0.39 is 35.6 Å². The fraction of sp³-hybridized carbons (Fsp3) is 0.438. The third-order valence-electron chi connectivity index (χ3n) is 3.88.